The molecule has 1 heterocycles. The number of aromatic nitrogens is 2. The van der Waals surface area contributed by atoms with Gasteiger partial charge in [0.1, 0.15) is 5.56 Å². The highest BCUT2D eigenvalue weighted by atomic mass is 19.4. The van der Waals surface area contributed by atoms with E-state index in [2.05, 4.69) is 16.5 Å². The molecular formula is C19H25F3N6O2. The highest BCUT2D eigenvalue weighted by Crippen LogP contribution is 2.40. The average Bonchev–Trinajstić information content (AvgIpc) is 3.41. The zero-order valence-corrected chi connectivity index (χ0v) is 16.7. The molecule has 11 heteroatoms. The summed E-state index contributed by atoms with van der Waals surface area (Å²) in [6, 6.07) is 1.86. The number of nitrogens with zero attached hydrogens (tertiary/aromatic N) is 4. The van der Waals surface area contributed by atoms with Gasteiger partial charge in [-0.25, -0.2) is 0 Å². The molecule has 0 bridgehead atoms. The van der Waals surface area contributed by atoms with Gasteiger partial charge in [0.2, 0.25) is 5.91 Å². The van der Waals surface area contributed by atoms with Gasteiger partial charge < -0.3 is 11.1 Å². The van der Waals surface area contributed by atoms with Crippen LogP contribution in [0.25, 0.3) is 0 Å². The fraction of sp³-hybridized carbons (Fsp3) is 0.684. The van der Waals surface area contributed by atoms with E-state index in [-0.39, 0.29) is 35.7 Å². The van der Waals surface area contributed by atoms with Crippen LogP contribution in [0.1, 0.15) is 55.3 Å². The van der Waals surface area contributed by atoms with E-state index in [0.717, 1.165) is 12.8 Å². The van der Waals surface area contributed by atoms with E-state index in [4.69, 9.17) is 5.73 Å². The first-order valence-electron chi connectivity index (χ1n) is 9.89. The number of alkyl halides is 3. The Morgan fingerprint density at radius 2 is 2.00 bits per heavy atom. The van der Waals surface area contributed by atoms with Gasteiger partial charge in [0, 0.05) is 18.2 Å². The van der Waals surface area contributed by atoms with Crippen LogP contribution >= 0.6 is 0 Å². The van der Waals surface area contributed by atoms with Crippen molar-refractivity contribution in [2.75, 3.05) is 18.9 Å². The van der Waals surface area contributed by atoms with Crippen LogP contribution in [0.4, 0.5) is 19.0 Å². The van der Waals surface area contributed by atoms with Gasteiger partial charge in [-0.3, -0.25) is 19.2 Å². The Kier molecular flexibility index (Phi) is 6.08. The lowest BCUT2D eigenvalue weighted by Crippen LogP contribution is -2.46. The Balaban J connectivity index is 1.80. The molecule has 2 fully saturated rings. The second-order valence-corrected chi connectivity index (χ2v) is 8.28. The van der Waals surface area contributed by atoms with Crippen LogP contribution in [0.3, 0.4) is 0 Å². The minimum Gasteiger partial charge on any atom is -0.365 e. The maximum Gasteiger partial charge on any atom is 0.401 e. The van der Waals surface area contributed by atoms with Crippen LogP contribution in [-0.4, -0.2) is 52.3 Å². The lowest BCUT2D eigenvalue weighted by atomic mass is 9.77. The van der Waals surface area contributed by atoms with E-state index in [1.165, 1.54) is 22.8 Å². The number of nitrogens with one attached hydrogen (secondary N) is 1. The fourth-order valence-corrected chi connectivity index (χ4v) is 4.08. The summed E-state index contributed by atoms with van der Waals surface area (Å²) in [5, 5.41) is 16.4. The van der Waals surface area contributed by atoms with Gasteiger partial charge in [-0.1, -0.05) is 0 Å². The van der Waals surface area contributed by atoms with E-state index in [1.807, 2.05) is 0 Å². The summed E-state index contributed by atoms with van der Waals surface area (Å²) in [4.78, 5) is 25.3. The molecular weight excluding hydrogens is 401 g/mol. The predicted octanol–water partition coefficient (Wildman–Crippen LogP) is 2.38. The quantitative estimate of drug-likeness (QED) is 0.694. The van der Waals surface area contributed by atoms with Crippen LogP contribution in [0.5, 0.6) is 0 Å². The first-order valence-corrected chi connectivity index (χ1v) is 9.89. The van der Waals surface area contributed by atoms with Crippen molar-refractivity contribution in [2.24, 2.45) is 11.7 Å². The maximum atomic E-state index is 12.7. The molecule has 0 atom stereocenters. The molecule has 0 spiro atoms. The largest absolute Gasteiger partial charge is 0.401 e. The average molecular weight is 426 g/mol. The molecule has 0 aliphatic heterocycles. The second kappa shape index (κ2) is 8.26. The Hall–Kier alpha value is -2.61. The Labute approximate surface area is 172 Å². The van der Waals surface area contributed by atoms with Gasteiger partial charge in [0.05, 0.1) is 24.6 Å². The predicted molar refractivity (Wildman–Crippen MR) is 101 cm³/mol. The van der Waals surface area contributed by atoms with E-state index in [1.54, 1.807) is 0 Å². The lowest BCUT2D eigenvalue weighted by molar-refractivity contribution is -0.149. The van der Waals surface area contributed by atoms with E-state index in [9.17, 15) is 28.0 Å². The van der Waals surface area contributed by atoms with Gasteiger partial charge in [-0.05, 0) is 45.6 Å². The first-order chi connectivity index (χ1) is 14.0. The van der Waals surface area contributed by atoms with Crippen LogP contribution in [-0.2, 0) is 10.3 Å². The van der Waals surface area contributed by atoms with E-state index < -0.39 is 24.2 Å². The summed E-state index contributed by atoms with van der Waals surface area (Å²) in [6.07, 6.45) is 0.539. The third-order valence-corrected chi connectivity index (χ3v) is 6.00. The monoisotopic (exact) mass is 426 g/mol. The van der Waals surface area contributed by atoms with Crippen molar-refractivity contribution in [3.63, 3.8) is 0 Å². The van der Waals surface area contributed by atoms with Crippen LogP contribution in [0, 0.1) is 17.2 Å². The number of rotatable bonds is 7. The van der Waals surface area contributed by atoms with Gasteiger partial charge in [-0.15, -0.1) is 0 Å². The van der Waals surface area contributed by atoms with Crippen molar-refractivity contribution in [1.29, 1.82) is 5.26 Å². The molecule has 3 N–H and O–H groups in total. The highest BCUT2D eigenvalue weighted by molar-refractivity contribution is 6.02. The number of carbonyl (C=O) groups is 2. The molecule has 2 amide bonds. The summed E-state index contributed by atoms with van der Waals surface area (Å²) < 4.78 is 39.6. The molecule has 0 aromatic carbocycles. The molecule has 0 unspecified atom stereocenters. The molecule has 3 rings (SSSR count). The third kappa shape index (κ3) is 4.92. The summed E-state index contributed by atoms with van der Waals surface area (Å²) >= 11 is 0. The normalized spacial score (nSPS) is 24.5. The van der Waals surface area contributed by atoms with Crippen LogP contribution in [0.15, 0.2) is 6.20 Å². The molecule has 8 nitrogen and oxygen atoms in total. The highest BCUT2D eigenvalue weighted by Gasteiger charge is 2.41. The van der Waals surface area contributed by atoms with Crippen molar-refractivity contribution in [3.05, 3.63) is 11.8 Å². The maximum absolute atomic E-state index is 12.7. The number of carbonyl (C=O) groups excluding carboxylic acids is 2. The fourth-order valence-electron chi connectivity index (χ4n) is 4.08. The standard InChI is InChI=1S/C19H25F3N6O2/c1-27(11-19(20,21)22)13-4-6-18(7-5-13,8-9-23)28-10-14(15(24)29)16(26-28)25-17(30)12-2-3-12/h10,12-13H,2-8,11H2,1H3,(H2,24,29)(H,25,26,30). The second-order valence-electron chi connectivity index (χ2n) is 8.28. The van der Waals surface area contributed by atoms with Gasteiger partial charge in [0.15, 0.2) is 5.82 Å². The number of amides is 2. The summed E-state index contributed by atoms with van der Waals surface area (Å²) in [7, 11) is 1.44. The number of nitriles is 1. The summed E-state index contributed by atoms with van der Waals surface area (Å²) in [6.45, 7) is -0.992. The smallest absolute Gasteiger partial charge is 0.365 e. The van der Waals surface area contributed by atoms with Crippen LogP contribution in [0.2, 0.25) is 0 Å². The molecule has 2 aliphatic rings. The van der Waals surface area contributed by atoms with Crippen molar-refractivity contribution in [1.82, 2.24) is 14.7 Å². The van der Waals surface area contributed by atoms with Gasteiger partial charge >= 0.3 is 6.18 Å². The Morgan fingerprint density at radius 3 is 2.50 bits per heavy atom. The number of hydrogen-bond donors (Lipinski definition) is 2. The molecule has 2 saturated carbocycles. The zero-order chi connectivity index (χ0) is 22.1. The number of primary amides is 1. The summed E-state index contributed by atoms with van der Waals surface area (Å²) in [5.74, 6) is -1.01. The van der Waals surface area contributed by atoms with Gasteiger partial charge in [-0.2, -0.15) is 23.5 Å². The zero-order valence-electron chi connectivity index (χ0n) is 16.7. The third-order valence-electron chi connectivity index (χ3n) is 6.00. The topological polar surface area (TPSA) is 117 Å². The number of halogens is 3. The number of hydrogen-bond acceptors (Lipinski definition) is 5. The molecule has 30 heavy (non-hydrogen) atoms. The van der Waals surface area contributed by atoms with Crippen LogP contribution < -0.4 is 11.1 Å². The molecule has 0 saturated heterocycles. The SMILES string of the molecule is CN(CC(F)(F)F)C1CCC(CC#N)(n2cc(C(N)=O)c(NC(=O)C3CC3)n2)CC1. The van der Waals surface area contributed by atoms with Crippen molar-refractivity contribution >= 4 is 17.6 Å². The summed E-state index contributed by atoms with van der Waals surface area (Å²) in [5.41, 5.74) is 4.73. The number of anilines is 1. The van der Waals surface area contributed by atoms with E-state index >= 15 is 0 Å². The molecule has 0 radical (unpaired) electrons. The van der Waals surface area contributed by atoms with E-state index in [0.29, 0.717) is 25.7 Å². The molecule has 2 aliphatic carbocycles. The first kappa shape index (κ1) is 22.1. The molecule has 1 aromatic rings. The lowest BCUT2D eigenvalue weighted by Gasteiger charge is -2.41. The molecule has 164 valence electrons. The van der Waals surface area contributed by atoms with Crippen molar-refractivity contribution in [3.8, 4) is 6.07 Å². The van der Waals surface area contributed by atoms with Crippen molar-refractivity contribution < 1.29 is 22.8 Å². The van der Waals surface area contributed by atoms with Crippen molar-refractivity contribution in [2.45, 2.75) is 62.7 Å². The minimum atomic E-state index is -4.27. The Morgan fingerprint density at radius 1 is 1.37 bits per heavy atom. The van der Waals surface area contributed by atoms with Gasteiger partial charge in [0.25, 0.3) is 5.91 Å². The molecule has 1 aromatic heterocycles. The number of nitrogens with two attached hydrogens (primary N) is 1. The Bertz CT molecular complexity index is 847. The minimum absolute atomic E-state index is 0.0534.